The largest absolute Gasteiger partial charge is 0.327 e. The molecule has 0 amide bonds. The molecule has 0 saturated carbocycles. The summed E-state index contributed by atoms with van der Waals surface area (Å²) in [6, 6.07) is 0.357. The van der Waals surface area contributed by atoms with Gasteiger partial charge in [0.15, 0.2) is 0 Å². The van der Waals surface area contributed by atoms with E-state index in [4.69, 9.17) is 5.73 Å². The van der Waals surface area contributed by atoms with Crippen molar-refractivity contribution in [3.05, 3.63) is 0 Å². The van der Waals surface area contributed by atoms with E-state index in [1.165, 1.54) is 19.5 Å². The molecule has 1 aliphatic heterocycles. The Kier molecular flexibility index (Phi) is 8.17. The topological polar surface area (TPSA) is 29.3 Å². The quantitative estimate of drug-likeness (QED) is 0.695. The fourth-order valence-electron chi connectivity index (χ4n) is 0.972. The predicted octanol–water partition coefficient (Wildman–Crippen LogP) is 0.883. The van der Waals surface area contributed by atoms with Gasteiger partial charge in [-0.2, -0.15) is 0 Å². The Morgan fingerprint density at radius 3 is 2.00 bits per heavy atom. The third-order valence-corrected chi connectivity index (χ3v) is 1.49. The van der Waals surface area contributed by atoms with Crippen molar-refractivity contribution in [3.63, 3.8) is 0 Å². The summed E-state index contributed by atoms with van der Waals surface area (Å²) >= 11 is 0. The molecule has 1 aliphatic rings. The molecule has 1 fully saturated rings. The minimum absolute atomic E-state index is 0. The van der Waals surface area contributed by atoms with E-state index in [0.29, 0.717) is 6.04 Å². The molecule has 0 spiro atoms. The van der Waals surface area contributed by atoms with E-state index in [0.717, 1.165) is 6.54 Å². The highest BCUT2D eigenvalue weighted by Crippen LogP contribution is 2.04. The standard InChI is InChI=1S/C6H14N2.2ClH/c1-6(7)5-8-3-2-4-8;;/h6H,2-5,7H2,1H3;2*1H. The first kappa shape index (κ1) is 13.1. The van der Waals surface area contributed by atoms with Gasteiger partial charge in [-0.25, -0.2) is 0 Å². The molecule has 1 rings (SSSR count). The van der Waals surface area contributed by atoms with Crippen LogP contribution in [0.1, 0.15) is 13.3 Å². The number of nitrogens with two attached hydrogens (primary N) is 1. The van der Waals surface area contributed by atoms with Gasteiger partial charge < -0.3 is 10.6 Å². The summed E-state index contributed by atoms with van der Waals surface area (Å²) in [6.07, 6.45) is 1.37. The molecule has 4 heteroatoms. The van der Waals surface area contributed by atoms with E-state index in [1.807, 2.05) is 0 Å². The highest BCUT2D eigenvalue weighted by molar-refractivity contribution is 5.85. The molecule has 0 aliphatic carbocycles. The Bertz CT molecular complexity index is 74.1. The van der Waals surface area contributed by atoms with Crippen LogP contribution in [-0.2, 0) is 0 Å². The molecular weight excluding hydrogens is 171 g/mol. The van der Waals surface area contributed by atoms with Crippen molar-refractivity contribution in [1.82, 2.24) is 4.90 Å². The third-order valence-electron chi connectivity index (χ3n) is 1.49. The van der Waals surface area contributed by atoms with Crippen LogP contribution in [0.3, 0.4) is 0 Å². The van der Waals surface area contributed by atoms with Crippen LogP contribution in [0, 0.1) is 0 Å². The van der Waals surface area contributed by atoms with Gasteiger partial charge in [0.25, 0.3) is 0 Å². The smallest absolute Gasteiger partial charge is 0.0139 e. The molecule has 0 aromatic carbocycles. The number of nitrogens with zero attached hydrogens (tertiary/aromatic N) is 1. The molecule has 0 bridgehead atoms. The Balaban J connectivity index is 0. The summed E-state index contributed by atoms with van der Waals surface area (Å²) in [5, 5.41) is 0. The highest BCUT2D eigenvalue weighted by Gasteiger charge is 2.13. The minimum Gasteiger partial charge on any atom is -0.327 e. The van der Waals surface area contributed by atoms with Gasteiger partial charge in [-0.05, 0) is 26.4 Å². The number of likely N-dealkylation sites (tertiary alicyclic amines) is 1. The second kappa shape index (κ2) is 6.23. The summed E-state index contributed by atoms with van der Waals surface area (Å²) in [4.78, 5) is 2.38. The lowest BCUT2D eigenvalue weighted by molar-refractivity contribution is 0.173. The zero-order chi connectivity index (χ0) is 5.98. The summed E-state index contributed by atoms with van der Waals surface area (Å²) in [6.45, 7) is 5.67. The molecule has 2 N–H and O–H groups in total. The van der Waals surface area contributed by atoms with Crippen molar-refractivity contribution in [2.45, 2.75) is 19.4 Å². The molecule has 2 nitrogen and oxygen atoms in total. The van der Waals surface area contributed by atoms with Crippen LogP contribution < -0.4 is 5.73 Å². The second-order valence-corrected chi connectivity index (χ2v) is 2.63. The fraction of sp³-hybridized carbons (Fsp3) is 1.00. The lowest BCUT2D eigenvalue weighted by Gasteiger charge is -2.31. The second-order valence-electron chi connectivity index (χ2n) is 2.63. The predicted molar refractivity (Wildman–Crippen MR) is 49.2 cm³/mol. The van der Waals surface area contributed by atoms with E-state index in [2.05, 4.69) is 11.8 Å². The lowest BCUT2D eigenvalue weighted by Crippen LogP contribution is -2.43. The molecule has 1 saturated heterocycles. The van der Waals surface area contributed by atoms with Crippen molar-refractivity contribution >= 4 is 24.8 Å². The zero-order valence-electron chi connectivity index (χ0n) is 6.25. The molecular formula is C6H16Cl2N2. The van der Waals surface area contributed by atoms with Crippen LogP contribution in [-0.4, -0.2) is 30.6 Å². The average Bonchev–Trinajstić information content (AvgIpc) is 1.55. The normalized spacial score (nSPS) is 19.8. The van der Waals surface area contributed by atoms with E-state index in [1.54, 1.807) is 0 Å². The van der Waals surface area contributed by atoms with Gasteiger partial charge in [0, 0.05) is 12.6 Å². The summed E-state index contributed by atoms with van der Waals surface area (Å²) in [5.74, 6) is 0. The monoisotopic (exact) mass is 186 g/mol. The summed E-state index contributed by atoms with van der Waals surface area (Å²) in [5.41, 5.74) is 5.56. The molecule has 0 aromatic heterocycles. The first-order chi connectivity index (χ1) is 3.79. The van der Waals surface area contributed by atoms with E-state index >= 15 is 0 Å². The van der Waals surface area contributed by atoms with E-state index in [-0.39, 0.29) is 24.8 Å². The highest BCUT2D eigenvalue weighted by atomic mass is 35.5. The van der Waals surface area contributed by atoms with E-state index in [9.17, 15) is 0 Å². The first-order valence-electron chi connectivity index (χ1n) is 3.27. The number of hydrogen-bond donors (Lipinski definition) is 1. The van der Waals surface area contributed by atoms with Gasteiger partial charge >= 0.3 is 0 Å². The average molecular weight is 187 g/mol. The molecule has 10 heavy (non-hydrogen) atoms. The van der Waals surface area contributed by atoms with Crippen molar-refractivity contribution < 1.29 is 0 Å². The van der Waals surface area contributed by atoms with Crippen LogP contribution in [0.4, 0.5) is 0 Å². The maximum absolute atomic E-state index is 5.56. The van der Waals surface area contributed by atoms with Gasteiger partial charge in [0.1, 0.15) is 0 Å². The zero-order valence-corrected chi connectivity index (χ0v) is 7.88. The molecule has 1 atom stereocenters. The summed E-state index contributed by atoms with van der Waals surface area (Å²) in [7, 11) is 0. The van der Waals surface area contributed by atoms with Crippen molar-refractivity contribution in [2.75, 3.05) is 19.6 Å². The van der Waals surface area contributed by atoms with Gasteiger partial charge in [-0.15, -0.1) is 24.8 Å². The van der Waals surface area contributed by atoms with Crippen molar-refractivity contribution in [1.29, 1.82) is 0 Å². The number of rotatable bonds is 2. The Morgan fingerprint density at radius 1 is 1.40 bits per heavy atom. The Morgan fingerprint density at radius 2 is 1.90 bits per heavy atom. The summed E-state index contributed by atoms with van der Waals surface area (Å²) < 4.78 is 0. The Hall–Kier alpha value is 0.500. The SMILES string of the molecule is CC(N)CN1CCC1.Cl.Cl. The molecule has 1 heterocycles. The van der Waals surface area contributed by atoms with Crippen LogP contribution >= 0.6 is 24.8 Å². The molecule has 1 unspecified atom stereocenters. The lowest BCUT2D eigenvalue weighted by atomic mass is 10.2. The number of halogens is 2. The maximum Gasteiger partial charge on any atom is 0.0139 e. The van der Waals surface area contributed by atoms with Crippen LogP contribution in [0.25, 0.3) is 0 Å². The third kappa shape index (κ3) is 4.34. The molecule has 0 aromatic rings. The minimum atomic E-state index is 0. The van der Waals surface area contributed by atoms with E-state index < -0.39 is 0 Å². The molecule has 0 radical (unpaired) electrons. The number of hydrogen-bond acceptors (Lipinski definition) is 2. The molecule has 64 valence electrons. The van der Waals surface area contributed by atoms with Crippen LogP contribution in [0.15, 0.2) is 0 Å². The van der Waals surface area contributed by atoms with Crippen LogP contribution in [0.5, 0.6) is 0 Å². The first-order valence-corrected chi connectivity index (χ1v) is 3.27. The van der Waals surface area contributed by atoms with Gasteiger partial charge in [0.2, 0.25) is 0 Å². The Labute approximate surface area is 75.0 Å². The van der Waals surface area contributed by atoms with Crippen molar-refractivity contribution in [2.24, 2.45) is 5.73 Å². The van der Waals surface area contributed by atoms with Gasteiger partial charge in [-0.1, -0.05) is 0 Å². The van der Waals surface area contributed by atoms with Crippen LogP contribution in [0.2, 0.25) is 0 Å². The maximum atomic E-state index is 5.56. The van der Waals surface area contributed by atoms with Crippen molar-refractivity contribution in [3.8, 4) is 0 Å². The fourth-order valence-corrected chi connectivity index (χ4v) is 0.972. The van der Waals surface area contributed by atoms with Gasteiger partial charge in [-0.3, -0.25) is 0 Å². The van der Waals surface area contributed by atoms with Gasteiger partial charge in [0.05, 0.1) is 0 Å².